The molecule has 2 rings (SSSR count). The van der Waals surface area contributed by atoms with Crippen LogP contribution >= 0.6 is 11.3 Å². The molecule has 0 spiro atoms. The molecule has 2 aromatic rings. The Kier molecular flexibility index (Phi) is 4.01. The lowest BCUT2D eigenvalue weighted by molar-refractivity contribution is -0.135. The fourth-order valence-electron chi connectivity index (χ4n) is 1.76. The Labute approximate surface area is 114 Å². The predicted molar refractivity (Wildman–Crippen MR) is 73.8 cm³/mol. The third-order valence-electron chi connectivity index (χ3n) is 2.53. The zero-order valence-corrected chi connectivity index (χ0v) is 11.1. The van der Waals surface area contributed by atoms with Crippen LogP contribution in [-0.4, -0.2) is 30.3 Å². The van der Waals surface area contributed by atoms with E-state index in [0.717, 1.165) is 15.0 Å². The van der Waals surface area contributed by atoms with Gasteiger partial charge in [0.15, 0.2) is 0 Å². The van der Waals surface area contributed by atoms with Gasteiger partial charge in [0, 0.05) is 15.5 Å². The first-order valence-corrected chi connectivity index (χ1v) is 6.63. The molecule has 6 heteroatoms. The molecule has 5 nitrogen and oxygen atoms in total. The molecule has 19 heavy (non-hydrogen) atoms. The zero-order chi connectivity index (χ0) is 13.8. The summed E-state index contributed by atoms with van der Waals surface area (Å²) in [5.74, 6) is -1.08. The Bertz CT molecular complexity index is 607. The lowest BCUT2D eigenvalue weighted by atomic mass is 10.2. The van der Waals surface area contributed by atoms with Gasteiger partial charge in [-0.1, -0.05) is 18.2 Å². The fourth-order valence-corrected chi connectivity index (χ4v) is 2.71. The number of carboxylic acids is 1. The van der Waals surface area contributed by atoms with Crippen LogP contribution in [0.1, 0.15) is 6.92 Å². The molecule has 0 fully saturated rings. The molecule has 1 aromatic carbocycles. The van der Waals surface area contributed by atoms with E-state index in [1.807, 2.05) is 24.3 Å². The second-order valence-corrected chi connectivity index (χ2v) is 4.71. The summed E-state index contributed by atoms with van der Waals surface area (Å²) in [5.41, 5.74) is 0.571. The van der Waals surface area contributed by atoms with Crippen molar-refractivity contribution in [1.29, 1.82) is 0 Å². The fraction of sp³-hybridized carbons (Fsp3) is 0.231. The molecule has 1 aromatic heterocycles. The zero-order valence-electron chi connectivity index (χ0n) is 10.3. The summed E-state index contributed by atoms with van der Waals surface area (Å²) in [5, 5.41) is 11.5. The van der Waals surface area contributed by atoms with E-state index in [-0.39, 0.29) is 6.61 Å². The lowest BCUT2D eigenvalue weighted by Crippen LogP contribution is -2.36. The smallest absolute Gasteiger partial charge is 0.414 e. The maximum Gasteiger partial charge on any atom is 0.414 e. The molecule has 0 saturated heterocycles. The van der Waals surface area contributed by atoms with Crippen LogP contribution in [0.2, 0.25) is 0 Å². The Morgan fingerprint density at radius 1 is 1.37 bits per heavy atom. The highest BCUT2D eigenvalue weighted by atomic mass is 32.1. The van der Waals surface area contributed by atoms with Crippen LogP contribution < -0.4 is 4.90 Å². The first-order chi connectivity index (χ1) is 9.13. The molecule has 0 aliphatic rings. The van der Waals surface area contributed by atoms with Crippen molar-refractivity contribution < 1.29 is 19.4 Å². The van der Waals surface area contributed by atoms with Gasteiger partial charge < -0.3 is 9.84 Å². The summed E-state index contributed by atoms with van der Waals surface area (Å²) in [4.78, 5) is 23.9. The minimum atomic E-state index is -1.08. The van der Waals surface area contributed by atoms with Crippen LogP contribution in [0.5, 0.6) is 0 Å². The second-order valence-electron chi connectivity index (χ2n) is 3.80. The normalized spacial score (nSPS) is 10.4. The highest BCUT2D eigenvalue weighted by Gasteiger charge is 2.22. The van der Waals surface area contributed by atoms with Crippen molar-refractivity contribution in [3.8, 4) is 0 Å². The topological polar surface area (TPSA) is 66.8 Å². The van der Waals surface area contributed by atoms with E-state index < -0.39 is 18.6 Å². The van der Waals surface area contributed by atoms with Crippen LogP contribution in [0.25, 0.3) is 10.1 Å². The molecule has 1 heterocycles. The van der Waals surface area contributed by atoms with Crippen LogP contribution in [0, 0.1) is 0 Å². The molecule has 1 N–H and O–H groups in total. The van der Waals surface area contributed by atoms with E-state index >= 15 is 0 Å². The highest BCUT2D eigenvalue weighted by Crippen LogP contribution is 2.33. The van der Waals surface area contributed by atoms with Gasteiger partial charge in [0.25, 0.3) is 0 Å². The van der Waals surface area contributed by atoms with Crippen molar-refractivity contribution in [3.05, 3.63) is 29.6 Å². The number of aliphatic carboxylic acids is 1. The number of carbonyl (C=O) groups is 2. The lowest BCUT2D eigenvalue weighted by Gasteiger charge is -2.19. The molecule has 0 aliphatic carbocycles. The molecule has 1 amide bonds. The number of carboxylic acid groups (broad SMARTS) is 1. The minimum absolute atomic E-state index is 0.205. The highest BCUT2D eigenvalue weighted by molar-refractivity contribution is 7.17. The van der Waals surface area contributed by atoms with Crippen LogP contribution in [0.15, 0.2) is 29.6 Å². The maximum atomic E-state index is 11.9. The largest absolute Gasteiger partial charge is 0.480 e. The van der Waals surface area contributed by atoms with Gasteiger partial charge >= 0.3 is 12.1 Å². The molecule has 0 aliphatic heterocycles. The molecule has 0 radical (unpaired) electrons. The molecule has 100 valence electrons. The Morgan fingerprint density at radius 3 is 2.79 bits per heavy atom. The summed E-state index contributed by atoms with van der Waals surface area (Å²) in [6, 6.07) is 7.53. The van der Waals surface area contributed by atoms with Crippen molar-refractivity contribution in [2.45, 2.75) is 6.92 Å². The maximum absolute atomic E-state index is 11.9. The van der Waals surface area contributed by atoms with Gasteiger partial charge in [0.1, 0.15) is 6.54 Å². The van der Waals surface area contributed by atoms with Crippen LogP contribution in [0.4, 0.5) is 10.5 Å². The number of amides is 1. The summed E-state index contributed by atoms with van der Waals surface area (Å²) in [6.45, 7) is 1.47. The van der Waals surface area contributed by atoms with Crippen molar-refractivity contribution in [2.75, 3.05) is 18.1 Å². The van der Waals surface area contributed by atoms with Gasteiger partial charge in [0.05, 0.1) is 12.3 Å². The van der Waals surface area contributed by atoms with E-state index in [4.69, 9.17) is 9.84 Å². The van der Waals surface area contributed by atoms with Gasteiger partial charge in [-0.05, 0) is 13.0 Å². The first kappa shape index (κ1) is 13.4. The van der Waals surface area contributed by atoms with Crippen molar-refractivity contribution >= 4 is 39.2 Å². The molecule has 0 bridgehead atoms. The summed E-state index contributed by atoms with van der Waals surface area (Å²) >= 11 is 1.46. The van der Waals surface area contributed by atoms with Crippen molar-refractivity contribution in [1.82, 2.24) is 0 Å². The molecule has 0 atom stereocenters. The quantitative estimate of drug-likeness (QED) is 0.934. The Morgan fingerprint density at radius 2 is 2.11 bits per heavy atom. The van der Waals surface area contributed by atoms with Gasteiger partial charge in [-0.25, -0.2) is 4.79 Å². The SMILES string of the molecule is CCOC(=O)N(CC(=O)O)c1csc2ccccc12. The van der Waals surface area contributed by atoms with E-state index in [1.165, 1.54) is 11.3 Å². The van der Waals surface area contributed by atoms with E-state index in [2.05, 4.69) is 0 Å². The predicted octanol–water partition coefficient (Wildman–Crippen LogP) is 2.95. The van der Waals surface area contributed by atoms with Gasteiger partial charge in [-0.2, -0.15) is 0 Å². The average Bonchev–Trinajstić information content (AvgIpc) is 2.79. The number of anilines is 1. The molecular weight excluding hydrogens is 266 g/mol. The monoisotopic (exact) mass is 279 g/mol. The standard InChI is InChI=1S/C13H13NO4S/c1-2-18-13(17)14(7-12(15)16)10-8-19-11-6-4-3-5-9(10)11/h3-6,8H,2,7H2,1H3,(H,15,16). The van der Waals surface area contributed by atoms with E-state index in [9.17, 15) is 9.59 Å². The van der Waals surface area contributed by atoms with Crippen molar-refractivity contribution in [2.24, 2.45) is 0 Å². The average molecular weight is 279 g/mol. The van der Waals surface area contributed by atoms with Crippen molar-refractivity contribution in [3.63, 3.8) is 0 Å². The van der Waals surface area contributed by atoms with Gasteiger partial charge in [0.2, 0.25) is 0 Å². The van der Waals surface area contributed by atoms with Crippen LogP contribution in [-0.2, 0) is 9.53 Å². The number of ether oxygens (including phenoxy) is 1. The molecule has 0 unspecified atom stereocenters. The van der Waals surface area contributed by atoms with E-state index in [0.29, 0.717) is 5.69 Å². The second kappa shape index (κ2) is 5.71. The number of rotatable bonds is 4. The number of hydrogen-bond acceptors (Lipinski definition) is 4. The molecular formula is C13H13NO4S. The number of carbonyl (C=O) groups excluding carboxylic acids is 1. The molecule has 0 saturated carbocycles. The summed E-state index contributed by atoms with van der Waals surface area (Å²) in [6.07, 6.45) is -0.645. The third kappa shape index (κ3) is 2.85. The number of hydrogen-bond donors (Lipinski definition) is 1. The minimum Gasteiger partial charge on any atom is -0.480 e. The number of nitrogens with zero attached hydrogens (tertiary/aromatic N) is 1. The van der Waals surface area contributed by atoms with Gasteiger partial charge in [-0.15, -0.1) is 11.3 Å². The van der Waals surface area contributed by atoms with Crippen LogP contribution in [0.3, 0.4) is 0 Å². The number of thiophene rings is 1. The number of fused-ring (bicyclic) bond motifs is 1. The van der Waals surface area contributed by atoms with Gasteiger partial charge in [-0.3, -0.25) is 9.69 Å². The number of benzene rings is 1. The first-order valence-electron chi connectivity index (χ1n) is 5.75. The summed E-state index contributed by atoms with van der Waals surface area (Å²) < 4.78 is 5.90. The Balaban J connectivity index is 2.42. The third-order valence-corrected chi connectivity index (χ3v) is 3.48. The van der Waals surface area contributed by atoms with E-state index in [1.54, 1.807) is 12.3 Å². The Hall–Kier alpha value is -2.08. The summed E-state index contributed by atoms with van der Waals surface area (Å²) in [7, 11) is 0.